The molecular weight excluding hydrogens is 224 g/mol. The lowest BCUT2D eigenvalue weighted by molar-refractivity contribution is 0.969. The van der Waals surface area contributed by atoms with Crippen LogP contribution in [0.1, 0.15) is 5.69 Å². The highest BCUT2D eigenvalue weighted by Crippen LogP contribution is 2.19. The molecule has 0 aliphatic rings. The molecule has 4 heteroatoms. The van der Waals surface area contributed by atoms with Crippen LogP contribution in [-0.4, -0.2) is 15.0 Å². The Bertz CT molecular complexity index is 694. The van der Waals surface area contributed by atoms with Crippen LogP contribution in [0.3, 0.4) is 0 Å². The van der Waals surface area contributed by atoms with Gasteiger partial charge in [-0.2, -0.15) is 0 Å². The average molecular weight is 236 g/mol. The van der Waals surface area contributed by atoms with Crippen LogP contribution in [0, 0.1) is 0 Å². The molecule has 0 saturated heterocycles. The van der Waals surface area contributed by atoms with Gasteiger partial charge in [-0.05, 0) is 18.2 Å². The van der Waals surface area contributed by atoms with Crippen LogP contribution < -0.4 is 5.73 Å². The Labute approximate surface area is 105 Å². The summed E-state index contributed by atoms with van der Waals surface area (Å²) < 4.78 is 0. The van der Waals surface area contributed by atoms with Crippen LogP contribution in [0.2, 0.25) is 0 Å². The molecule has 0 aliphatic heterocycles. The summed E-state index contributed by atoms with van der Waals surface area (Å²) >= 11 is 0. The fourth-order valence-electron chi connectivity index (χ4n) is 1.84. The number of fused-ring (bicyclic) bond motifs is 1. The van der Waals surface area contributed by atoms with E-state index in [1.807, 2.05) is 36.4 Å². The van der Waals surface area contributed by atoms with E-state index in [9.17, 15) is 0 Å². The summed E-state index contributed by atoms with van der Waals surface area (Å²) in [5, 5.41) is 1.08. The first-order valence-corrected chi connectivity index (χ1v) is 5.74. The Morgan fingerprint density at radius 2 is 1.94 bits per heavy atom. The molecule has 1 aromatic carbocycles. The third kappa shape index (κ3) is 1.94. The molecule has 2 heterocycles. The van der Waals surface area contributed by atoms with E-state index >= 15 is 0 Å². The van der Waals surface area contributed by atoms with Crippen molar-refractivity contribution in [3.05, 3.63) is 54.5 Å². The van der Waals surface area contributed by atoms with E-state index in [2.05, 4.69) is 15.0 Å². The summed E-state index contributed by atoms with van der Waals surface area (Å²) in [6.07, 6.45) is 3.51. The van der Waals surface area contributed by atoms with Crippen LogP contribution in [0.4, 0.5) is 0 Å². The number of hydrogen-bond donors (Lipinski definition) is 1. The maximum absolute atomic E-state index is 5.58. The SMILES string of the molecule is NCc1ccnc(-c2cnc3ccccc3c2)n1. The summed E-state index contributed by atoms with van der Waals surface area (Å²) in [7, 11) is 0. The van der Waals surface area contributed by atoms with Crippen molar-refractivity contribution in [2.45, 2.75) is 6.54 Å². The Kier molecular flexibility index (Phi) is 2.70. The predicted octanol–water partition coefficient (Wildman–Crippen LogP) is 2.15. The van der Waals surface area contributed by atoms with Crippen molar-refractivity contribution >= 4 is 10.9 Å². The maximum Gasteiger partial charge on any atom is 0.161 e. The molecule has 4 nitrogen and oxygen atoms in total. The number of rotatable bonds is 2. The number of aromatic nitrogens is 3. The first-order valence-electron chi connectivity index (χ1n) is 5.74. The van der Waals surface area contributed by atoms with Gasteiger partial charge >= 0.3 is 0 Å². The minimum Gasteiger partial charge on any atom is -0.325 e. The van der Waals surface area contributed by atoms with Crippen LogP contribution in [-0.2, 0) is 6.54 Å². The van der Waals surface area contributed by atoms with E-state index < -0.39 is 0 Å². The van der Waals surface area contributed by atoms with E-state index in [1.165, 1.54) is 0 Å². The normalized spacial score (nSPS) is 10.7. The Hall–Kier alpha value is -2.33. The standard InChI is InChI=1S/C14H12N4/c15-8-12-5-6-16-14(18-12)11-7-10-3-1-2-4-13(10)17-9-11/h1-7,9H,8,15H2. The first-order chi connectivity index (χ1) is 8.86. The zero-order chi connectivity index (χ0) is 12.4. The van der Waals surface area contributed by atoms with E-state index in [-0.39, 0.29) is 0 Å². The lowest BCUT2D eigenvalue weighted by Crippen LogP contribution is -2.01. The first kappa shape index (κ1) is 10.8. The van der Waals surface area contributed by atoms with Gasteiger partial charge in [0, 0.05) is 29.9 Å². The van der Waals surface area contributed by atoms with Crippen LogP contribution >= 0.6 is 0 Å². The molecule has 0 bridgehead atoms. The summed E-state index contributed by atoms with van der Waals surface area (Å²) in [5.41, 5.74) is 8.28. The van der Waals surface area contributed by atoms with E-state index in [0.29, 0.717) is 12.4 Å². The van der Waals surface area contributed by atoms with Crippen molar-refractivity contribution < 1.29 is 0 Å². The third-order valence-electron chi connectivity index (χ3n) is 2.77. The number of pyridine rings is 1. The topological polar surface area (TPSA) is 64.7 Å². The van der Waals surface area contributed by atoms with Crippen molar-refractivity contribution in [1.29, 1.82) is 0 Å². The monoisotopic (exact) mass is 236 g/mol. The van der Waals surface area contributed by atoms with Gasteiger partial charge in [0.05, 0.1) is 11.2 Å². The molecule has 2 aromatic heterocycles. The lowest BCUT2D eigenvalue weighted by Gasteiger charge is -2.03. The van der Waals surface area contributed by atoms with Crippen molar-refractivity contribution in [3.8, 4) is 11.4 Å². The average Bonchev–Trinajstić information content (AvgIpc) is 2.47. The molecule has 0 saturated carbocycles. The second-order valence-electron chi connectivity index (χ2n) is 3.99. The highest BCUT2D eigenvalue weighted by molar-refractivity contribution is 5.82. The molecule has 18 heavy (non-hydrogen) atoms. The van der Waals surface area contributed by atoms with Gasteiger partial charge in [-0.3, -0.25) is 4.98 Å². The summed E-state index contributed by atoms with van der Waals surface area (Å²) in [4.78, 5) is 13.1. The quantitative estimate of drug-likeness (QED) is 0.740. The Balaban J connectivity index is 2.13. The molecule has 88 valence electrons. The number of nitrogens with two attached hydrogens (primary N) is 1. The molecule has 0 amide bonds. The van der Waals surface area contributed by atoms with E-state index in [1.54, 1.807) is 12.4 Å². The van der Waals surface area contributed by atoms with E-state index in [0.717, 1.165) is 22.2 Å². The zero-order valence-corrected chi connectivity index (χ0v) is 9.74. The van der Waals surface area contributed by atoms with Crippen molar-refractivity contribution in [3.63, 3.8) is 0 Å². The number of hydrogen-bond acceptors (Lipinski definition) is 4. The van der Waals surface area contributed by atoms with Crippen molar-refractivity contribution in [1.82, 2.24) is 15.0 Å². The fourth-order valence-corrected chi connectivity index (χ4v) is 1.84. The second kappa shape index (κ2) is 4.50. The van der Waals surface area contributed by atoms with Crippen LogP contribution in [0.25, 0.3) is 22.3 Å². The highest BCUT2D eigenvalue weighted by atomic mass is 14.9. The van der Waals surface area contributed by atoms with Gasteiger partial charge in [-0.25, -0.2) is 9.97 Å². The number of para-hydroxylation sites is 1. The minimum absolute atomic E-state index is 0.413. The van der Waals surface area contributed by atoms with Gasteiger partial charge in [0.2, 0.25) is 0 Å². The second-order valence-corrected chi connectivity index (χ2v) is 3.99. The molecule has 3 rings (SSSR count). The van der Waals surface area contributed by atoms with Gasteiger partial charge < -0.3 is 5.73 Å². The maximum atomic E-state index is 5.58. The lowest BCUT2D eigenvalue weighted by atomic mass is 10.1. The Morgan fingerprint density at radius 3 is 2.83 bits per heavy atom. The molecule has 2 N–H and O–H groups in total. The van der Waals surface area contributed by atoms with Crippen LogP contribution in [0.15, 0.2) is 48.8 Å². The van der Waals surface area contributed by atoms with Gasteiger partial charge in [-0.1, -0.05) is 18.2 Å². The number of benzene rings is 1. The molecule has 0 unspecified atom stereocenters. The van der Waals surface area contributed by atoms with Gasteiger partial charge in [0.1, 0.15) is 0 Å². The molecule has 0 spiro atoms. The summed E-state index contributed by atoms with van der Waals surface area (Å²) in [6.45, 7) is 0.413. The third-order valence-corrected chi connectivity index (χ3v) is 2.77. The predicted molar refractivity (Wildman–Crippen MR) is 70.7 cm³/mol. The molecule has 0 fully saturated rings. The van der Waals surface area contributed by atoms with Gasteiger partial charge in [0.25, 0.3) is 0 Å². The summed E-state index contributed by atoms with van der Waals surface area (Å²) in [5.74, 6) is 0.663. The fraction of sp³-hybridized carbons (Fsp3) is 0.0714. The largest absolute Gasteiger partial charge is 0.325 e. The van der Waals surface area contributed by atoms with Crippen molar-refractivity contribution in [2.75, 3.05) is 0 Å². The molecular formula is C14H12N4. The summed E-state index contributed by atoms with van der Waals surface area (Å²) in [6, 6.07) is 11.8. The zero-order valence-electron chi connectivity index (χ0n) is 9.74. The smallest absolute Gasteiger partial charge is 0.161 e. The highest BCUT2D eigenvalue weighted by Gasteiger charge is 2.04. The van der Waals surface area contributed by atoms with Gasteiger partial charge in [0.15, 0.2) is 5.82 Å². The molecule has 0 atom stereocenters. The molecule has 0 aliphatic carbocycles. The Morgan fingerprint density at radius 1 is 1.06 bits per heavy atom. The molecule has 0 radical (unpaired) electrons. The van der Waals surface area contributed by atoms with Crippen LogP contribution in [0.5, 0.6) is 0 Å². The minimum atomic E-state index is 0.413. The van der Waals surface area contributed by atoms with Gasteiger partial charge in [-0.15, -0.1) is 0 Å². The van der Waals surface area contributed by atoms with E-state index in [4.69, 9.17) is 5.73 Å². The molecule has 3 aromatic rings. The number of nitrogens with zero attached hydrogens (tertiary/aromatic N) is 3. The van der Waals surface area contributed by atoms with Crippen molar-refractivity contribution in [2.24, 2.45) is 5.73 Å².